The van der Waals surface area contributed by atoms with Crippen molar-refractivity contribution in [1.82, 2.24) is 20.0 Å². The van der Waals surface area contributed by atoms with Gasteiger partial charge in [-0.1, -0.05) is 0 Å². The minimum absolute atomic E-state index is 0.374. The molecule has 2 aromatic rings. The van der Waals surface area contributed by atoms with E-state index in [1.807, 2.05) is 14.0 Å². The number of aryl methyl sites for hydroxylation is 2. The zero-order chi connectivity index (χ0) is 15.4. The van der Waals surface area contributed by atoms with Crippen LogP contribution in [0, 0.1) is 6.92 Å². The molecule has 0 saturated carbocycles. The molecular formula is C15H24N4OS. The molecule has 21 heavy (non-hydrogen) atoms. The van der Waals surface area contributed by atoms with E-state index in [4.69, 9.17) is 4.74 Å². The maximum atomic E-state index is 5.43. The van der Waals surface area contributed by atoms with Crippen molar-refractivity contribution in [2.45, 2.75) is 19.5 Å². The summed E-state index contributed by atoms with van der Waals surface area (Å²) in [4.78, 5) is 2.24. The summed E-state index contributed by atoms with van der Waals surface area (Å²) in [5.74, 6) is 0.830. The minimum atomic E-state index is 0.374. The van der Waals surface area contributed by atoms with E-state index in [2.05, 4.69) is 46.2 Å². The van der Waals surface area contributed by atoms with Gasteiger partial charge in [-0.05, 0) is 43.4 Å². The van der Waals surface area contributed by atoms with E-state index < -0.39 is 0 Å². The molecule has 2 aromatic heterocycles. The number of likely N-dealkylation sites (N-methyl/N-ethyl adjacent to an activating group) is 1. The standard InChI is InChI=1S/C15H24N4OS/c1-11-13(15(20-5)19(4)17-11)8-16-9-14(18(2)3)12-6-7-21-10-12/h6-7,10,14,16H,8-9H2,1-5H3/t14-/m0/s1. The van der Waals surface area contributed by atoms with Crippen LogP contribution in [0.2, 0.25) is 0 Å². The second-order valence-corrected chi connectivity index (χ2v) is 6.14. The summed E-state index contributed by atoms with van der Waals surface area (Å²) < 4.78 is 7.21. The fourth-order valence-electron chi connectivity index (χ4n) is 2.54. The lowest BCUT2D eigenvalue weighted by Gasteiger charge is -2.24. The van der Waals surface area contributed by atoms with Crippen molar-refractivity contribution in [3.05, 3.63) is 33.6 Å². The van der Waals surface area contributed by atoms with E-state index in [0.29, 0.717) is 6.04 Å². The average Bonchev–Trinajstić information content (AvgIpc) is 3.03. The molecule has 0 aromatic carbocycles. The van der Waals surface area contributed by atoms with Crippen molar-refractivity contribution in [2.24, 2.45) is 7.05 Å². The van der Waals surface area contributed by atoms with Crippen LogP contribution >= 0.6 is 11.3 Å². The van der Waals surface area contributed by atoms with Crippen molar-refractivity contribution < 1.29 is 4.74 Å². The Hall–Kier alpha value is -1.37. The van der Waals surface area contributed by atoms with Crippen LogP contribution in [0.5, 0.6) is 5.88 Å². The zero-order valence-electron chi connectivity index (χ0n) is 13.4. The first kappa shape index (κ1) is 16.0. The van der Waals surface area contributed by atoms with Gasteiger partial charge in [-0.2, -0.15) is 16.4 Å². The summed E-state index contributed by atoms with van der Waals surface area (Å²) in [6.45, 7) is 3.67. The van der Waals surface area contributed by atoms with Crippen LogP contribution in [0.25, 0.3) is 0 Å². The molecule has 0 spiro atoms. The van der Waals surface area contributed by atoms with Crippen LogP contribution in [0.3, 0.4) is 0 Å². The summed E-state index contributed by atoms with van der Waals surface area (Å²) in [5, 5.41) is 12.3. The van der Waals surface area contributed by atoms with Gasteiger partial charge in [0, 0.05) is 26.2 Å². The summed E-state index contributed by atoms with van der Waals surface area (Å²) >= 11 is 1.74. The molecule has 6 heteroatoms. The minimum Gasteiger partial charge on any atom is -0.481 e. The number of hydrogen-bond donors (Lipinski definition) is 1. The highest BCUT2D eigenvalue weighted by Crippen LogP contribution is 2.22. The fraction of sp³-hybridized carbons (Fsp3) is 0.533. The molecule has 0 bridgehead atoms. The summed E-state index contributed by atoms with van der Waals surface area (Å²) in [6.07, 6.45) is 0. The zero-order valence-corrected chi connectivity index (χ0v) is 14.2. The topological polar surface area (TPSA) is 42.3 Å². The highest BCUT2D eigenvalue weighted by atomic mass is 32.1. The van der Waals surface area contributed by atoms with Gasteiger partial charge >= 0.3 is 0 Å². The Morgan fingerprint density at radius 3 is 2.81 bits per heavy atom. The van der Waals surface area contributed by atoms with Crippen LogP contribution in [0.1, 0.15) is 22.9 Å². The van der Waals surface area contributed by atoms with E-state index in [-0.39, 0.29) is 0 Å². The lowest BCUT2D eigenvalue weighted by Crippen LogP contribution is -2.30. The van der Waals surface area contributed by atoms with E-state index in [1.54, 1.807) is 23.1 Å². The largest absolute Gasteiger partial charge is 0.481 e. The number of thiophene rings is 1. The second kappa shape index (κ2) is 7.06. The molecule has 0 fully saturated rings. The number of rotatable bonds is 7. The first-order valence-electron chi connectivity index (χ1n) is 7.00. The van der Waals surface area contributed by atoms with E-state index in [1.165, 1.54) is 5.56 Å². The SMILES string of the molecule is COc1c(CNC[C@@H](c2ccsc2)N(C)C)c(C)nn1C. The summed E-state index contributed by atoms with van der Waals surface area (Å²) in [6, 6.07) is 2.56. The van der Waals surface area contributed by atoms with Gasteiger partial charge in [-0.3, -0.25) is 0 Å². The maximum absolute atomic E-state index is 5.43. The van der Waals surface area contributed by atoms with Crippen molar-refractivity contribution >= 4 is 11.3 Å². The summed E-state index contributed by atoms with van der Waals surface area (Å²) in [7, 11) is 7.82. The number of ether oxygens (including phenoxy) is 1. The lowest BCUT2D eigenvalue weighted by atomic mass is 10.1. The molecule has 0 aliphatic carbocycles. The number of nitrogens with one attached hydrogen (secondary N) is 1. The average molecular weight is 308 g/mol. The van der Waals surface area contributed by atoms with Gasteiger partial charge in [0.1, 0.15) is 0 Å². The molecule has 5 nitrogen and oxygen atoms in total. The van der Waals surface area contributed by atoms with E-state index in [0.717, 1.165) is 30.2 Å². The Morgan fingerprint density at radius 1 is 1.48 bits per heavy atom. The Balaban J connectivity index is 2.00. The normalized spacial score (nSPS) is 12.9. The smallest absolute Gasteiger partial charge is 0.216 e. The predicted octanol–water partition coefficient (Wildman–Crippen LogP) is 2.19. The van der Waals surface area contributed by atoms with Gasteiger partial charge in [-0.15, -0.1) is 0 Å². The van der Waals surface area contributed by atoms with Gasteiger partial charge in [0.05, 0.1) is 18.4 Å². The van der Waals surface area contributed by atoms with Crippen molar-refractivity contribution in [1.29, 1.82) is 0 Å². The molecule has 2 rings (SSSR count). The van der Waals surface area contributed by atoms with Crippen molar-refractivity contribution in [3.8, 4) is 5.88 Å². The van der Waals surface area contributed by atoms with Crippen LogP contribution < -0.4 is 10.1 Å². The molecule has 1 N–H and O–H groups in total. The van der Waals surface area contributed by atoms with Gasteiger partial charge in [-0.25, -0.2) is 4.68 Å². The molecule has 0 saturated heterocycles. The van der Waals surface area contributed by atoms with E-state index >= 15 is 0 Å². The quantitative estimate of drug-likeness (QED) is 0.851. The molecular weight excluding hydrogens is 284 g/mol. The first-order valence-corrected chi connectivity index (χ1v) is 7.94. The number of hydrogen-bond acceptors (Lipinski definition) is 5. The van der Waals surface area contributed by atoms with Crippen LogP contribution in [0.15, 0.2) is 16.8 Å². The van der Waals surface area contributed by atoms with Crippen LogP contribution in [-0.2, 0) is 13.6 Å². The fourth-order valence-corrected chi connectivity index (χ4v) is 3.24. The Bertz CT molecular complexity index is 562. The Labute approximate surface area is 130 Å². The molecule has 116 valence electrons. The Kier molecular flexibility index (Phi) is 5.39. The molecule has 0 aliphatic heterocycles. The third-order valence-corrected chi connectivity index (χ3v) is 4.37. The highest BCUT2D eigenvalue weighted by molar-refractivity contribution is 7.07. The van der Waals surface area contributed by atoms with Crippen molar-refractivity contribution in [2.75, 3.05) is 27.7 Å². The number of methoxy groups -OCH3 is 1. The maximum Gasteiger partial charge on any atom is 0.216 e. The first-order chi connectivity index (χ1) is 10.0. The van der Waals surface area contributed by atoms with Gasteiger partial charge in [0.2, 0.25) is 5.88 Å². The number of nitrogens with zero attached hydrogens (tertiary/aromatic N) is 3. The third kappa shape index (κ3) is 3.64. The monoisotopic (exact) mass is 308 g/mol. The van der Waals surface area contributed by atoms with Gasteiger partial charge in [0.15, 0.2) is 0 Å². The van der Waals surface area contributed by atoms with Crippen LogP contribution in [0.4, 0.5) is 0 Å². The molecule has 1 atom stereocenters. The van der Waals surface area contributed by atoms with Crippen LogP contribution in [-0.4, -0.2) is 42.4 Å². The predicted molar refractivity (Wildman–Crippen MR) is 87.0 cm³/mol. The van der Waals surface area contributed by atoms with Crippen molar-refractivity contribution in [3.63, 3.8) is 0 Å². The molecule has 2 heterocycles. The molecule has 0 amide bonds. The lowest BCUT2D eigenvalue weighted by molar-refractivity contribution is 0.288. The van der Waals surface area contributed by atoms with Gasteiger partial charge < -0.3 is 15.0 Å². The van der Waals surface area contributed by atoms with E-state index in [9.17, 15) is 0 Å². The molecule has 0 radical (unpaired) electrons. The second-order valence-electron chi connectivity index (χ2n) is 5.36. The molecule has 0 unspecified atom stereocenters. The summed E-state index contributed by atoms with van der Waals surface area (Å²) in [5.41, 5.74) is 3.49. The highest BCUT2D eigenvalue weighted by Gasteiger charge is 2.17. The van der Waals surface area contributed by atoms with Gasteiger partial charge in [0.25, 0.3) is 0 Å². The Morgan fingerprint density at radius 2 is 2.24 bits per heavy atom. The third-order valence-electron chi connectivity index (χ3n) is 3.67. The number of aromatic nitrogens is 2. The molecule has 0 aliphatic rings.